The lowest BCUT2D eigenvalue weighted by molar-refractivity contribution is -0.128. The molecule has 4 heteroatoms. The van der Waals surface area contributed by atoms with Crippen LogP contribution in [0.25, 0.3) is 0 Å². The Bertz CT molecular complexity index is 446. The number of rotatable bonds is 3. The molecule has 0 saturated heterocycles. The molecule has 1 aromatic rings. The normalized spacial score (nSPS) is 27.0. The molecule has 0 spiro atoms. The largest absolute Gasteiger partial charge is 0.350 e. The van der Waals surface area contributed by atoms with Gasteiger partial charge in [-0.2, -0.15) is 0 Å². The topological polar surface area (TPSA) is 55.1 Å². The summed E-state index contributed by atoms with van der Waals surface area (Å²) in [6.07, 6.45) is 3.63. The van der Waals surface area contributed by atoms with Gasteiger partial charge in [0.05, 0.1) is 5.54 Å². The summed E-state index contributed by atoms with van der Waals surface area (Å²) in [6.45, 7) is 2.53. The van der Waals surface area contributed by atoms with Crippen LogP contribution in [-0.4, -0.2) is 11.4 Å². The molecule has 2 rings (SSSR count). The first-order chi connectivity index (χ1) is 8.99. The monoisotopic (exact) mass is 264 g/mol. The number of halogens is 1. The van der Waals surface area contributed by atoms with Gasteiger partial charge in [-0.1, -0.05) is 31.9 Å². The van der Waals surface area contributed by atoms with Crippen LogP contribution in [0.4, 0.5) is 4.39 Å². The van der Waals surface area contributed by atoms with E-state index in [-0.39, 0.29) is 11.7 Å². The smallest absolute Gasteiger partial charge is 0.240 e. The second-order valence-corrected chi connectivity index (χ2v) is 5.67. The third kappa shape index (κ3) is 3.53. The molecule has 0 aliphatic heterocycles. The molecule has 1 aliphatic carbocycles. The molecule has 3 nitrogen and oxygen atoms in total. The molecule has 104 valence electrons. The van der Waals surface area contributed by atoms with E-state index in [1.165, 1.54) is 12.1 Å². The van der Waals surface area contributed by atoms with Crippen LogP contribution in [0.3, 0.4) is 0 Å². The maximum absolute atomic E-state index is 12.8. The van der Waals surface area contributed by atoms with Gasteiger partial charge in [0.25, 0.3) is 0 Å². The van der Waals surface area contributed by atoms with E-state index < -0.39 is 5.54 Å². The molecule has 1 aliphatic rings. The zero-order chi connectivity index (χ0) is 13.9. The van der Waals surface area contributed by atoms with Crippen LogP contribution in [0.2, 0.25) is 0 Å². The average Bonchev–Trinajstić information content (AvgIpc) is 2.37. The molecule has 1 saturated carbocycles. The third-order valence-corrected chi connectivity index (χ3v) is 3.85. The zero-order valence-electron chi connectivity index (χ0n) is 11.3. The van der Waals surface area contributed by atoms with Crippen molar-refractivity contribution in [3.05, 3.63) is 35.6 Å². The van der Waals surface area contributed by atoms with Crippen molar-refractivity contribution in [2.24, 2.45) is 11.7 Å². The van der Waals surface area contributed by atoms with Crippen LogP contribution < -0.4 is 11.1 Å². The van der Waals surface area contributed by atoms with Crippen LogP contribution in [0.1, 0.15) is 38.2 Å². The Hall–Kier alpha value is -1.42. The van der Waals surface area contributed by atoms with Crippen molar-refractivity contribution in [1.29, 1.82) is 0 Å². The molecule has 1 amide bonds. The lowest BCUT2D eigenvalue weighted by Gasteiger charge is -2.35. The Balaban J connectivity index is 1.91. The first-order valence-electron chi connectivity index (χ1n) is 6.81. The van der Waals surface area contributed by atoms with E-state index in [0.717, 1.165) is 31.2 Å². The fourth-order valence-electron chi connectivity index (χ4n) is 2.76. The summed E-state index contributed by atoms with van der Waals surface area (Å²) in [7, 11) is 0. The summed E-state index contributed by atoms with van der Waals surface area (Å²) in [5.74, 6) is 0.130. The summed E-state index contributed by atoms with van der Waals surface area (Å²) >= 11 is 0. The maximum Gasteiger partial charge on any atom is 0.240 e. The molecular weight excluding hydrogens is 243 g/mol. The van der Waals surface area contributed by atoms with Crippen LogP contribution >= 0.6 is 0 Å². The molecule has 2 unspecified atom stereocenters. The van der Waals surface area contributed by atoms with Gasteiger partial charge in [0.2, 0.25) is 5.91 Å². The van der Waals surface area contributed by atoms with E-state index in [1.54, 1.807) is 12.1 Å². The molecular formula is C15H21FN2O. The van der Waals surface area contributed by atoms with E-state index in [9.17, 15) is 9.18 Å². The quantitative estimate of drug-likeness (QED) is 0.880. The number of hydrogen-bond acceptors (Lipinski definition) is 2. The van der Waals surface area contributed by atoms with Gasteiger partial charge in [-0.05, 0) is 36.5 Å². The van der Waals surface area contributed by atoms with Gasteiger partial charge in [0, 0.05) is 6.54 Å². The summed E-state index contributed by atoms with van der Waals surface area (Å²) in [6, 6.07) is 6.12. The average molecular weight is 264 g/mol. The molecule has 1 fully saturated rings. The van der Waals surface area contributed by atoms with E-state index in [4.69, 9.17) is 5.73 Å². The molecule has 0 radical (unpaired) electrons. The van der Waals surface area contributed by atoms with Gasteiger partial charge >= 0.3 is 0 Å². The van der Waals surface area contributed by atoms with Gasteiger partial charge < -0.3 is 11.1 Å². The Morgan fingerprint density at radius 2 is 2.16 bits per heavy atom. The highest BCUT2D eigenvalue weighted by molar-refractivity contribution is 5.86. The van der Waals surface area contributed by atoms with Crippen molar-refractivity contribution in [3.8, 4) is 0 Å². The lowest BCUT2D eigenvalue weighted by atomic mass is 9.76. The molecule has 3 N–H and O–H groups in total. The number of amides is 1. The van der Waals surface area contributed by atoms with E-state index in [1.807, 2.05) is 0 Å². The molecule has 0 aromatic heterocycles. The van der Waals surface area contributed by atoms with Crippen molar-refractivity contribution in [2.45, 2.75) is 44.7 Å². The molecule has 2 atom stereocenters. The minimum absolute atomic E-state index is 0.0941. The Morgan fingerprint density at radius 1 is 1.47 bits per heavy atom. The van der Waals surface area contributed by atoms with E-state index in [2.05, 4.69) is 12.2 Å². The van der Waals surface area contributed by atoms with Crippen molar-refractivity contribution >= 4 is 5.91 Å². The summed E-state index contributed by atoms with van der Waals surface area (Å²) in [5.41, 5.74) is 6.35. The highest BCUT2D eigenvalue weighted by Gasteiger charge is 2.37. The number of carbonyl (C=O) groups is 1. The van der Waals surface area contributed by atoms with Crippen LogP contribution in [0.15, 0.2) is 24.3 Å². The van der Waals surface area contributed by atoms with Crippen molar-refractivity contribution in [1.82, 2.24) is 5.32 Å². The Labute approximate surface area is 113 Å². The standard InChI is InChI=1S/C15H21FN2O/c1-11-3-2-8-15(17,9-11)14(19)18-10-12-4-6-13(16)7-5-12/h4-7,11H,2-3,8-10,17H2,1H3,(H,18,19). The predicted octanol–water partition coefficient (Wildman–Crippen LogP) is 2.35. The summed E-state index contributed by atoms with van der Waals surface area (Å²) in [5, 5.41) is 2.86. The van der Waals surface area contributed by atoms with Crippen LogP contribution in [0.5, 0.6) is 0 Å². The van der Waals surface area contributed by atoms with Gasteiger partial charge in [0.15, 0.2) is 0 Å². The molecule has 1 aromatic carbocycles. The highest BCUT2D eigenvalue weighted by Crippen LogP contribution is 2.30. The third-order valence-electron chi connectivity index (χ3n) is 3.85. The fourth-order valence-corrected chi connectivity index (χ4v) is 2.76. The summed E-state index contributed by atoms with van der Waals surface area (Å²) < 4.78 is 12.8. The SMILES string of the molecule is CC1CCCC(N)(C(=O)NCc2ccc(F)cc2)C1. The van der Waals surface area contributed by atoms with Crippen molar-refractivity contribution in [3.63, 3.8) is 0 Å². The van der Waals surface area contributed by atoms with Crippen molar-refractivity contribution in [2.75, 3.05) is 0 Å². The molecule has 0 heterocycles. The number of nitrogens with two attached hydrogens (primary N) is 1. The fraction of sp³-hybridized carbons (Fsp3) is 0.533. The second-order valence-electron chi connectivity index (χ2n) is 5.67. The minimum Gasteiger partial charge on any atom is -0.350 e. The zero-order valence-corrected chi connectivity index (χ0v) is 11.3. The van der Waals surface area contributed by atoms with Crippen molar-refractivity contribution < 1.29 is 9.18 Å². The van der Waals surface area contributed by atoms with Crippen LogP contribution in [-0.2, 0) is 11.3 Å². The Kier molecular flexibility index (Phi) is 4.20. The Morgan fingerprint density at radius 3 is 2.79 bits per heavy atom. The van der Waals surface area contributed by atoms with Gasteiger partial charge in [-0.15, -0.1) is 0 Å². The first-order valence-corrected chi connectivity index (χ1v) is 6.81. The number of hydrogen-bond donors (Lipinski definition) is 2. The first kappa shape index (κ1) is 14.0. The number of carbonyl (C=O) groups excluding carboxylic acids is 1. The molecule has 19 heavy (non-hydrogen) atoms. The molecule has 0 bridgehead atoms. The maximum atomic E-state index is 12.8. The number of benzene rings is 1. The van der Waals surface area contributed by atoms with E-state index in [0.29, 0.717) is 12.5 Å². The van der Waals surface area contributed by atoms with Gasteiger partial charge in [0.1, 0.15) is 5.82 Å². The van der Waals surface area contributed by atoms with Gasteiger partial charge in [-0.25, -0.2) is 4.39 Å². The number of nitrogens with one attached hydrogen (secondary N) is 1. The van der Waals surface area contributed by atoms with E-state index >= 15 is 0 Å². The van der Waals surface area contributed by atoms with Gasteiger partial charge in [-0.3, -0.25) is 4.79 Å². The summed E-state index contributed by atoms with van der Waals surface area (Å²) in [4.78, 5) is 12.2. The second kappa shape index (κ2) is 5.70. The highest BCUT2D eigenvalue weighted by atomic mass is 19.1. The minimum atomic E-state index is -0.738. The van der Waals surface area contributed by atoms with Crippen LogP contribution in [0, 0.1) is 11.7 Å². The lowest BCUT2D eigenvalue weighted by Crippen LogP contribution is -2.56. The predicted molar refractivity (Wildman–Crippen MR) is 72.8 cm³/mol.